The first-order chi connectivity index (χ1) is 17.9. The number of pyridine rings is 2. The fourth-order valence-corrected chi connectivity index (χ4v) is 4.24. The molecule has 0 saturated carbocycles. The van der Waals surface area contributed by atoms with E-state index >= 15 is 0 Å². The van der Waals surface area contributed by atoms with Crippen LogP contribution in [0.3, 0.4) is 0 Å². The van der Waals surface area contributed by atoms with Gasteiger partial charge in [-0.2, -0.15) is 13.2 Å². The summed E-state index contributed by atoms with van der Waals surface area (Å²) in [6.07, 6.45) is 1.82. The van der Waals surface area contributed by atoms with Gasteiger partial charge in [-0.1, -0.05) is 18.2 Å². The molecule has 4 aromatic rings. The summed E-state index contributed by atoms with van der Waals surface area (Å²) < 4.78 is 49.5. The van der Waals surface area contributed by atoms with E-state index in [1.807, 2.05) is 24.4 Å². The molecular weight excluding hydrogens is 483 g/mol. The van der Waals surface area contributed by atoms with Crippen LogP contribution in [0.5, 0.6) is 5.75 Å². The van der Waals surface area contributed by atoms with Gasteiger partial charge in [0.1, 0.15) is 23.8 Å². The first-order valence-corrected chi connectivity index (χ1v) is 12.2. The molecule has 7 nitrogen and oxygen atoms in total. The Balaban J connectivity index is 1.16. The van der Waals surface area contributed by atoms with Crippen LogP contribution in [-0.2, 0) is 23.9 Å². The van der Waals surface area contributed by atoms with E-state index in [0.29, 0.717) is 25.4 Å². The predicted octanol–water partition coefficient (Wildman–Crippen LogP) is 4.89. The first-order valence-electron chi connectivity index (χ1n) is 12.2. The molecule has 1 fully saturated rings. The number of nitrogens with one attached hydrogen (secondary N) is 2. The third-order valence-electron chi connectivity index (χ3n) is 6.35. The molecule has 2 N–H and O–H groups in total. The third kappa shape index (κ3) is 6.58. The van der Waals surface area contributed by atoms with E-state index in [1.165, 1.54) is 12.1 Å². The van der Waals surface area contributed by atoms with Crippen molar-refractivity contribution < 1.29 is 22.6 Å². The molecule has 0 spiro atoms. The highest BCUT2D eigenvalue weighted by Gasteiger charge is 2.29. The molecule has 1 aromatic carbocycles. The Morgan fingerprint density at radius 3 is 2.51 bits per heavy atom. The number of aromatic amines is 1. The van der Waals surface area contributed by atoms with Crippen LogP contribution in [-0.4, -0.2) is 59.3 Å². The highest BCUT2D eigenvalue weighted by atomic mass is 19.4. The number of aromatic nitrogens is 3. The number of halogens is 3. The number of hydrogen-bond acceptors (Lipinski definition) is 6. The SMILES string of the molecule is FC(F)(F)c1ccc(CNc2ccc(Cc3c[nH]c4ncc(OCCN5CCOCC5)cc34)cn2)cc1. The number of hydrogen-bond donors (Lipinski definition) is 2. The number of benzene rings is 1. The minimum absolute atomic E-state index is 0.382. The van der Waals surface area contributed by atoms with Crippen molar-refractivity contribution in [1.82, 2.24) is 19.9 Å². The smallest absolute Gasteiger partial charge is 0.416 e. The third-order valence-corrected chi connectivity index (χ3v) is 6.35. The van der Waals surface area contributed by atoms with Gasteiger partial charge in [0.15, 0.2) is 0 Å². The van der Waals surface area contributed by atoms with Crippen LogP contribution < -0.4 is 10.1 Å². The summed E-state index contributed by atoms with van der Waals surface area (Å²) >= 11 is 0. The Kier molecular flexibility index (Phi) is 7.57. The van der Waals surface area contributed by atoms with Gasteiger partial charge in [0.25, 0.3) is 0 Å². The van der Waals surface area contributed by atoms with Crippen molar-refractivity contribution in [2.24, 2.45) is 0 Å². The maximum absolute atomic E-state index is 12.7. The Hall–Kier alpha value is -3.63. The topological polar surface area (TPSA) is 75.3 Å². The van der Waals surface area contributed by atoms with Crippen LogP contribution in [0.4, 0.5) is 19.0 Å². The summed E-state index contributed by atoms with van der Waals surface area (Å²) in [4.78, 5) is 14.5. The Labute approximate surface area is 212 Å². The zero-order valence-electron chi connectivity index (χ0n) is 20.2. The molecule has 1 aliphatic rings. The zero-order chi connectivity index (χ0) is 25.7. The van der Waals surface area contributed by atoms with E-state index in [4.69, 9.17) is 9.47 Å². The Morgan fingerprint density at radius 2 is 1.78 bits per heavy atom. The number of ether oxygens (including phenoxy) is 2. The van der Waals surface area contributed by atoms with Crippen molar-refractivity contribution in [3.63, 3.8) is 0 Å². The number of nitrogens with zero attached hydrogens (tertiary/aromatic N) is 3. The molecule has 0 radical (unpaired) electrons. The summed E-state index contributed by atoms with van der Waals surface area (Å²) in [5.74, 6) is 1.39. The summed E-state index contributed by atoms with van der Waals surface area (Å²) in [6, 6.07) is 11.0. The average molecular weight is 512 g/mol. The van der Waals surface area contributed by atoms with Crippen molar-refractivity contribution in [3.05, 3.63) is 83.3 Å². The normalized spacial score (nSPS) is 14.7. The highest BCUT2D eigenvalue weighted by Crippen LogP contribution is 2.29. The van der Waals surface area contributed by atoms with Crippen LogP contribution in [0.2, 0.25) is 0 Å². The van der Waals surface area contributed by atoms with Gasteiger partial charge in [0.05, 0.1) is 25.0 Å². The number of H-pyrrole nitrogens is 1. The van der Waals surface area contributed by atoms with Gasteiger partial charge < -0.3 is 19.8 Å². The first kappa shape index (κ1) is 25.0. The molecule has 0 atom stereocenters. The highest BCUT2D eigenvalue weighted by molar-refractivity contribution is 5.81. The number of alkyl halides is 3. The van der Waals surface area contributed by atoms with E-state index < -0.39 is 11.7 Å². The second-order valence-corrected chi connectivity index (χ2v) is 8.96. The van der Waals surface area contributed by atoms with Crippen LogP contribution in [0.25, 0.3) is 11.0 Å². The molecule has 0 aliphatic carbocycles. The van der Waals surface area contributed by atoms with Crippen LogP contribution >= 0.6 is 0 Å². The van der Waals surface area contributed by atoms with Crippen molar-refractivity contribution in [2.45, 2.75) is 19.1 Å². The van der Waals surface area contributed by atoms with Crippen molar-refractivity contribution in [1.29, 1.82) is 0 Å². The summed E-state index contributed by atoms with van der Waals surface area (Å²) in [6.45, 7) is 5.23. The molecule has 4 heterocycles. The minimum Gasteiger partial charge on any atom is -0.491 e. The van der Waals surface area contributed by atoms with Gasteiger partial charge in [-0.25, -0.2) is 9.97 Å². The molecule has 3 aromatic heterocycles. The molecule has 0 unspecified atom stereocenters. The summed E-state index contributed by atoms with van der Waals surface area (Å²) in [5, 5.41) is 4.16. The molecule has 194 valence electrons. The molecule has 0 amide bonds. The standard InChI is InChI=1S/C27H28F3N5O2/c28-27(29,30)22-4-1-19(2-5-22)15-31-25-6-3-20(16-32-25)13-21-17-33-26-24(21)14-23(18-34-26)37-12-9-35-7-10-36-11-8-35/h1-6,14,16-18H,7-13,15H2,(H,31,32)(H,33,34). The molecule has 10 heteroatoms. The van der Waals surface area contributed by atoms with E-state index in [9.17, 15) is 13.2 Å². The maximum atomic E-state index is 12.7. The number of rotatable bonds is 9. The quantitative estimate of drug-likeness (QED) is 0.333. The summed E-state index contributed by atoms with van der Waals surface area (Å²) in [7, 11) is 0. The lowest BCUT2D eigenvalue weighted by Crippen LogP contribution is -2.38. The Bertz CT molecular complexity index is 1300. The molecular formula is C27H28F3N5O2. The number of anilines is 1. The molecule has 1 saturated heterocycles. The van der Waals surface area contributed by atoms with Gasteiger partial charge in [-0.15, -0.1) is 0 Å². The van der Waals surface area contributed by atoms with E-state index in [-0.39, 0.29) is 0 Å². The zero-order valence-corrected chi connectivity index (χ0v) is 20.2. The average Bonchev–Trinajstić information content (AvgIpc) is 3.30. The lowest BCUT2D eigenvalue weighted by atomic mass is 10.1. The van der Waals surface area contributed by atoms with Crippen molar-refractivity contribution >= 4 is 16.9 Å². The largest absolute Gasteiger partial charge is 0.491 e. The monoisotopic (exact) mass is 511 g/mol. The summed E-state index contributed by atoms with van der Waals surface area (Å²) in [5.41, 5.74) is 3.01. The van der Waals surface area contributed by atoms with Crippen molar-refractivity contribution in [3.8, 4) is 5.75 Å². The second kappa shape index (κ2) is 11.2. The van der Waals surface area contributed by atoms with Gasteiger partial charge >= 0.3 is 6.18 Å². The van der Waals surface area contributed by atoms with Gasteiger partial charge in [0.2, 0.25) is 0 Å². The van der Waals surface area contributed by atoms with Gasteiger partial charge in [-0.3, -0.25) is 4.90 Å². The molecule has 37 heavy (non-hydrogen) atoms. The van der Waals surface area contributed by atoms with E-state index in [1.54, 1.807) is 12.4 Å². The van der Waals surface area contributed by atoms with E-state index in [2.05, 4.69) is 25.2 Å². The van der Waals surface area contributed by atoms with Gasteiger partial charge in [-0.05, 0) is 41.0 Å². The van der Waals surface area contributed by atoms with Gasteiger partial charge in [0, 0.05) is 50.4 Å². The number of morpholine rings is 1. The lowest BCUT2D eigenvalue weighted by molar-refractivity contribution is -0.137. The number of fused-ring (bicyclic) bond motifs is 1. The van der Waals surface area contributed by atoms with Crippen LogP contribution in [0, 0.1) is 0 Å². The fraction of sp³-hybridized carbons (Fsp3) is 0.333. The lowest BCUT2D eigenvalue weighted by Gasteiger charge is -2.26. The molecule has 1 aliphatic heterocycles. The second-order valence-electron chi connectivity index (χ2n) is 8.96. The maximum Gasteiger partial charge on any atom is 0.416 e. The van der Waals surface area contributed by atoms with Crippen LogP contribution in [0.1, 0.15) is 22.3 Å². The molecule has 5 rings (SSSR count). The Morgan fingerprint density at radius 1 is 1.00 bits per heavy atom. The van der Waals surface area contributed by atoms with Crippen LogP contribution in [0.15, 0.2) is 61.1 Å². The molecule has 0 bridgehead atoms. The van der Waals surface area contributed by atoms with Crippen molar-refractivity contribution in [2.75, 3.05) is 44.8 Å². The van der Waals surface area contributed by atoms with E-state index in [0.717, 1.165) is 78.5 Å². The predicted molar refractivity (Wildman–Crippen MR) is 135 cm³/mol. The fourth-order valence-electron chi connectivity index (χ4n) is 4.24. The minimum atomic E-state index is -4.33.